The summed E-state index contributed by atoms with van der Waals surface area (Å²) >= 11 is 6.57. The summed E-state index contributed by atoms with van der Waals surface area (Å²) in [7, 11) is 6.23. The van der Waals surface area contributed by atoms with Gasteiger partial charge in [0.2, 0.25) is 17.4 Å². The first-order valence-corrected chi connectivity index (χ1v) is 12.6. The molecule has 0 bridgehead atoms. The van der Waals surface area contributed by atoms with Crippen LogP contribution in [0.15, 0.2) is 54.6 Å². The molecule has 4 aromatic rings. The van der Waals surface area contributed by atoms with Gasteiger partial charge in [0, 0.05) is 11.1 Å². The van der Waals surface area contributed by atoms with Crippen molar-refractivity contribution in [2.45, 2.75) is 13.5 Å². The van der Waals surface area contributed by atoms with Gasteiger partial charge < -0.3 is 28.4 Å². The number of nitrogens with zero attached hydrogens (tertiary/aromatic N) is 2. The minimum atomic E-state index is -0.545. The maximum Gasteiger partial charge on any atom is 0.249 e. The van der Waals surface area contributed by atoms with E-state index >= 15 is 4.39 Å². The van der Waals surface area contributed by atoms with E-state index in [0.717, 1.165) is 11.1 Å². The molecule has 39 heavy (non-hydrogen) atoms. The number of ether oxygens (including phenoxy) is 6. The quantitative estimate of drug-likeness (QED) is 0.197. The van der Waals surface area contributed by atoms with Crippen LogP contribution in [0, 0.1) is 5.82 Å². The largest absolute Gasteiger partial charge is 0.497 e. The van der Waals surface area contributed by atoms with Gasteiger partial charge in [-0.3, -0.25) is 0 Å². The van der Waals surface area contributed by atoms with Crippen molar-refractivity contribution in [1.29, 1.82) is 0 Å². The Kier molecular flexibility index (Phi) is 9.03. The topological polar surface area (TPSA) is 73.2 Å². The molecule has 0 saturated carbocycles. The number of methoxy groups -OCH3 is 4. The summed E-state index contributed by atoms with van der Waals surface area (Å²) in [6.45, 7) is 2.48. The van der Waals surface area contributed by atoms with Crippen LogP contribution >= 0.6 is 11.6 Å². The zero-order valence-corrected chi connectivity index (χ0v) is 23.2. The molecule has 0 aliphatic rings. The summed E-state index contributed by atoms with van der Waals surface area (Å²) < 4.78 is 49.9. The molecule has 0 spiro atoms. The lowest BCUT2D eigenvalue weighted by atomic mass is 10.0. The molecule has 0 saturated heterocycles. The summed E-state index contributed by atoms with van der Waals surface area (Å²) in [5.41, 5.74) is 2.34. The lowest BCUT2D eigenvalue weighted by Crippen LogP contribution is -2.12. The normalized spacial score (nSPS) is 10.7. The van der Waals surface area contributed by atoms with Crippen LogP contribution in [0.3, 0.4) is 0 Å². The van der Waals surface area contributed by atoms with Gasteiger partial charge in [-0.15, -0.1) is 0 Å². The second kappa shape index (κ2) is 12.6. The van der Waals surface area contributed by atoms with Gasteiger partial charge in [0.15, 0.2) is 11.5 Å². The van der Waals surface area contributed by atoms with E-state index in [2.05, 4.69) is 5.10 Å². The van der Waals surface area contributed by atoms with Crippen molar-refractivity contribution in [2.24, 2.45) is 0 Å². The minimum absolute atomic E-state index is 0.0425. The molecule has 3 aromatic carbocycles. The standard InChI is InChI=1S/C29H30ClFN2O6/c1-6-38-29-25(31)26(19-8-7-9-20(16-19)34-2)32-33(29)14-15-39-23-12-10-18(17-22(23)30)21-11-13-24(35-3)28(37-5)27(21)36-4/h7-13,16-17H,6,14-15H2,1-5H3. The first-order chi connectivity index (χ1) is 18.9. The van der Waals surface area contributed by atoms with Gasteiger partial charge >= 0.3 is 0 Å². The summed E-state index contributed by atoms with van der Waals surface area (Å²) in [6, 6.07) is 16.1. The summed E-state index contributed by atoms with van der Waals surface area (Å²) in [4.78, 5) is 0. The zero-order valence-electron chi connectivity index (χ0n) is 22.4. The summed E-state index contributed by atoms with van der Waals surface area (Å²) in [5.74, 6) is 2.14. The Morgan fingerprint density at radius 2 is 1.59 bits per heavy atom. The average molecular weight is 557 g/mol. The van der Waals surface area contributed by atoms with Crippen molar-refractivity contribution >= 4 is 11.6 Å². The van der Waals surface area contributed by atoms with E-state index in [4.69, 9.17) is 40.0 Å². The average Bonchev–Trinajstić information content (AvgIpc) is 3.27. The van der Waals surface area contributed by atoms with Crippen molar-refractivity contribution in [3.8, 4) is 57.0 Å². The third-order valence-electron chi connectivity index (χ3n) is 5.98. The minimum Gasteiger partial charge on any atom is -0.497 e. The van der Waals surface area contributed by atoms with Gasteiger partial charge in [0.25, 0.3) is 0 Å². The van der Waals surface area contributed by atoms with Crippen molar-refractivity contribution in [3.05, 3.63) is 65.4 Å². The summed E-state index contributed by atoms with van der Waals surface area (Å²) in [5, 5.41) is 4.84. The molecular weight excluding hydrogens is 527 g/mol. The van der Waals surface area contributed by atoms with Gasteiger partial charge in [0.1, 0.15) is 23.8 Å². The number of hydrogen-bond acceptors (Lipinski definition) is 7. The van der Waals surface area contributed by atoms with E-state index in [1.165, 1.54) is 4.68 Å². The molecule has 0 N–H and O–H groups in total. The number of benzene rings is 3. The lowest BCUT2D eigenvalue weighted by molar-refractivity contribution is 0.253. The van der Waals surface area contributed by atoms with Gasteiger partial charge in [0.05, 0.1) is 46.6 Å². The molecule has 1 heterocycles. The predicted octanol–water partition coefficient (Wildman–Crippen LogP) is 6.52. The number of halogens is 2. The van der Waals surface area contributed by atoms with Crippen molar-refractivity contribution in [3.63, 3.8) is 0 Å². The molecular formula is C29H30ClFN2O6. The van der Waals surface area contributed by atoms with E-state index in [1.807, 2.05) is 12.1 Å². The second-order valence-corrected chi connectivity index (χ2v) is 8.64. The number of aromatic nitrogens is 2. The zero-order chi connectivity index (χ0) is 27.9. The first-order valence-electron chi connectivity index (χ1n) is 12.2. The van der Waals surface area contributed by atoms with Crippen LogP contribution < -0.4 is 28.4 Å². The van der Waals surface area contributed by atoms with Crippen LogP contribution in [0.4, 0.5) is 4.39 Å². The number of hydrogen-bond donors (Lipinski definition) is 0. The van der Waals surface area contributed by atoms with Crippen LogP contribution in [0.5, 0.6) is 34.6 Å². The summed E-state index contributed by atoms with van der Waals surface area (Å²) in [6.07, 6.45) is 0. The maximum absolute atomic E-state index is 15.2. The molecule has 0 radical (unpaired) electrons. The Bertz CT molecular complexity index is 1440. The van der Waals surface area contributed by atoms with Gasteiger partial charge in [-0.05, 0) is 48.9 Å². The van der Waals surface area contributed by atoms with Crippen LogP contribution in [-0.2, 0) is 6.54 Å². The molecule has 1 aromatic heterocycles. The fourth-order valence-corrected chi connectivity index (χ4v) is 4.40. The fourth-order valence-electron chi connectivity index (χ4n) is 4.16. The van der Waals surface area contributed by atoms with E-state index < -0.39 is 5.82 Å². The highest BCUT2D eigenvalue weighted by Gasteiger charge is 2.22. The molecule has 10 heteroatoms. The Morgan fingerprint density at radius 1 is 0.821 bits per heavy atom. The monoisotopic (exact) mass is 556 g/mol. The maximum atomic E-state index is 15.2. The third-order valence-corrected chi connectivity index (χ3v) is 6.28. The molecule has 0 aliphatic heterocycles. The van der Waals surface area contributed by atoms with Gasteiger partial charge in [-0.2, -0.15) is 9.49 Å². The van der Waals surface area contributed by atoms with E-state index in [0.29, 0.717) is 39.3 Å². The van der Waals surface area contributed by atoms with Crippen molar-refractivity contribution < 1.29 is 32.8 Å². The molecule has 0 atom stereocenters. The molecule has 4 rings (SSSR count). The Morgan fingerprint density at radius 3 is 2.26 bits per heavy atom. The van der Waals surface area contributed by atoms with Crippen LogP contribution in [0.25, 0.3) is 22.4 Å². The molecule has 0 amide bonds. The van der Waals surface area contributed by atoms with Crippen LogP contribution in [0.1, 0.15) is 6.92 Å². The molecule has 0 fully saturated rings. The Labute approximate surface area is 231 Å². The van der Waals surface area contributed by atoms with Gasteiger partial charge in [-0.25, -0.2) is 4.68 Å². The molecule has 206 valence electrons. The van der Waals surface area contributed by atoms with E-state index in [-0.39, 0.29) is 31.3 Å². The smallest absolute Gasteiger partial charge is 0.249 e. The van der Waals surface area contributed by atoms with Crippen LogP contribution in [-0.4, -0.2) is 51.4 Å². The Hall–Kier alpha value is -4.11. The second-order valence-electron chi connectivity index (χ2n) is 8.23. The van der Waals surface area contributed by atoms with E-state index in [9.17, 15) is 0 Å². The lowest BCUT2D eigenvalue weighted by Gasteiger charge is -2.16. The van der Waals surface area contributed by atoms with Crippen molar-refractivity contribution in [2.75, 3.05) is 41.7 Å². The highest BCUT2D eigenvalue weighted by atomic mass is 35.5. The van der Waals surface area contributed by atoms with Crippen LogP contribution in [0.2, 0.25) is 5.02 Å². The van der Waals surface area contributed by atoms with Crippen molar-refractivity contribution in [1.82, 2.24) is 9.78 Å². The highest BCUT2D eigenvalue weighted by molar-refractivity contribution is 6.32. The molecule has 0 unspecified atom stereocenters. The molecule has 8 nitrogen and oxygen atoms in total. The first kappa shape index (κ1) is 27.9. The fraction of sp³-hybridized carbons (Fsp3) is 0.276. The Balaban J connectivity index is 1.53. The van der Waals surface area contributed by atoms with E-state index in [1.54, 1.807) is 77.8 Å². The highest BCUT2D eigenvalue weighted by Crippen LogP contribution is 2.45. The predicted molar refractivity (Wildman–Crippen MR) is 147 cm³/mol. The van der Waals surface area contributed by atoms with Gasteiger partial charge in [-0.1, -0.05) is 29.8 Å². The molecule has 0 aliphatic carbocycles. The SMILES string of the molecule is CCOc1c(F)c(-c2cccc(OC)c2)nn1CCOc1ccc(-c2ccc(OC)c(OC)c2OC)cc1Cl. The number of rotatable bonds is 12. The third kappa shape index (κ3) is 5.83.